The van der Waals surface area contributed by atoms with Crippen molar-refractivity contribution in [3.63, 3.8) is 0 Å². The molecule has 0 aliphatic heterocycles. The van der Waals surface area contributed by atoms with E-state index in [9.17, 15) is 13.2 Å². The van der Waals surface area contributed by atoms with E-state index in [-0.39, 0.29) is 5.02 Å². The molecule has 0 aliphatic rings. The minimum atomic E-state index is -4.38. The van der Waals surface area contributed by atoms with E-state index in [1.165, 1.54) is 6.07 Å². The zero-order valence-corrected chi connectivity index (χ0v) is 9.96. The van der Waals surface area contributed by atoms with Crippen molar-refractivity contribution in [1.29, 1.82) is 0 Å². The summed E-state index contributed by atoms with van der Waals surface area (Å²) in [6.07, 6.45) is -0.779. The summed E-state index contributed by atoms with van der Waals surface area (Å²) in [4.78, 5) is 3.86. The quantitative estimate of drug-likeness (QED) is 0.791. The number of alkyl halides is 3. The van der Waals surface area contributed by atoms with Gasteiger partial charge in [-0.3, -0.25) is 4.98 Å². The third kappa shape index (κ3) is 3.23. The first-order valence-electron chi connectivity index (χ1n) is 5.21. The van der Waals surface area contributed by atoms with Crippen LogP contribution >= 0.6 is 11.6 Å². The largest absolute Gasteiger partial charge is 0.416 e. The molecule has 2 aromatic rings. The van der Waals surface area contributed by atoms with E-state index in [1.807, 2.05) is 0 Å². The van der Waals surface area contributed by atoms with E-state index in [1.54, 1.807) is 24.5 Å². The summed E-state index contributed by atoms with van der Waals surface area (Å²) < 4.78 is 37.9. The lowest BCUT2D eigenvalue weighted by atomic mass is 10.0. The molecule has 0 fully saturated rings. The van der Waals surface area contributed by atoms with Crippen molar-refractivity contribution in [1.82, 2.24) is 4.98 Å². The maximum Gasteiger partial charge on any atom is 0.416 e. The molecule has 0 saturated carbocycles. The molecule has 0 saturated heterocycles. The predicted octanol–water partition coefficient (Wildman–Crippen LogP) is 4.34. The predicted molar refractivity (Wildman–Crippen MR) is 63.5 cm³/mol. The lowest BCUT2D eigenvalue weighted by Crippen LogP contribution is -2.05. The molecule has 0 atom stereocenters. The second-order valence-electron chi connectivity index (χ2n) is 3.88. The molecule has 0 bridgehead atoms. The number of halogens is 4. The first kappa shape index (κ1) is 12.9. The Morgan fingerprint density at radius 3 is 2.28 bits per heavy atom. The van der Waals surface area contributed by atoms with Gasteiger partial charge in [-0.25, -0.2) is 0 Å². The van der Waals surface area contributed by atoms with Crippen LogP contribution in [0.25, 0.3) is 0 Å². The van der Waals surface area contributed by atoms with Crippen LogP contribution in [0.3, 0.4) is 0 Å². The van der Waals surface area contributed by atoms with Gasteiger partial charge in [0.15, 0.2) is 0 Å². The van der Waals surface area contributed by atoms with Crippen molar-refractivity contribution < 1.29 is 13.2 Å². The van der Waals surface area contributed by atoms with Gasteiger partial charge in [0.25, 0.3) is 0 Å². The molecule has 1 aromatic carbocycles. The van der Waals surface area contributed by atoms with E-state index >= 15 is 0 Å². The average Bonchev–Trinajstić information content (AvgIpc) is 2.28. The van der Waals surface area contributed by atoms with Gasteiger partial charge in [0.05, 0.1) is 5.56 Å². The van der Waals surface area contributed by atoms with Gasteiger partial charge in [-0.1, -0.05) is 11.6 Å². The number of pyridine rings is 1. The minimum absolute atomic E-state index is 0.0916. The van der Waals surface area contributed by atoms with Crippen LogP contribution in [0.1, 0.15) is 16.7 Å². The average molecular weight is 272 g/mol. The Bertz CT molecular complexity index is 538. The number of nitrogens with zero attached hydrogens (tertiary/aromatic N) is 1. The molecule has 1 nitrogen and oxygen atoms in total. The summed E-state index contributed by atoms with van der Waals surface area (Å²) in [7, 11) is 0. The number of hydrogen-bond donors (Lipinski definition) is 0. The molecule has 94 valence electrons. The third-order valence-electron chi connectivity index (χ3n) is 2.44. The van der Waals surface area contributed by atoms with Crippen LogP contribution in [0.15, 0.2) is 42.7 Å². The summed E-state index contributed by atoms with van der Waals surface area (Å²) >= 11 is 5.71. The normalized spacial score (nSPS) is 11.6. The van der Waals surface area contributed by atoms with E-state index < -0.39 is 11.7 Å². The molecule has 0 N–H and O–H groups in total. The van der Waals surface area contributed by atoms with E-state index in [4.69, 9.17) is 11.6 Å². The highest BCUT2D eigenvalue weighted by molar-refractivity contribution is 6.30. The number of aromatic nitrogens is 1. The second-order valence-corrected chi connectivity index (χ2v) is 4.31. The fourth-order valence-electron chi connectivity index (χ4n) is 1.65. The molecule has 0 unspecified atom stereocenters. The lowest BCUT2D eigenvalue weighted by Gasteiger charge is -2.10. The van der Waals surface area contributed by atoms with Crippen LogP contribution in [-0.2, 0) is 12.6 Å². The van der Waals surface area contributed by atoms with Gasteiger partial charge in [0, 0.05) is 17.4 Å². The van der Waals surface area contributed by atoms with Crippen LogP contribution in [0.2, 0.25) is 5.02 Å². The molecular formula is C13H9ClF3N. The maximum atomic E-state index is 12.6. The lowest BCUT2D eigenvalue weighted by molar-refractivity contribution is -0.137. The van der Waals surface area contributed by atoms with Gasteiger partial charge in [-0.15, -0.1) is 0 Å². The zero-order chi connectivity index (χ0) is 13.2. The zero-order valence-electron chi connectivity index (χ0n) is 9.21. The van der Waals surface area contributed by atoms with Gasteiger partial charge in [0.2, 0.25) is 0 Å². The fraction of sp³-hybridized carbons (Fsp3) is 0.154. The Labute approximate surface area is 107 Å². The van der Waals surface area contributed by atoms with Crippen LogP contribution in [0, 0.1) is 0 Å². The van der Waals surface area contributed by atoms with Crippen LogP contribution in [0.4, 0.5) is 13.2 Å². The smallest absolute Gasteiger partial charge is 0.265 e. The van der Waals surface area contributed by atoms with Crippen molar-refractivity contribution in [2.45, 2.75) is 12.6 Å². The molecule has 18 heavy (non-hydrogen) atoms. The van der Waals surface area contributed by atoms with Gasteiger partial charge < -0.3 is 0 Å². The van der Waals surface area contributed by atoms with E-state index in [0.29, 0.717) is 12.0 Å². The standard InChI is InChI=1S/C13H9ClF3N/c14-12-7-10(5-9-1-3-18-4-2-9)6-11(8-12)13(15,16)17/h1-4,6-8H,5H2. The maximum absolute atomic E-state index is 12.6. The second kappa shape index (κ2) is 4.98. The topological polar surface area (TPSA) is 12.9 Å². The first-order valence-corrected chi connectivity index (χ1v) is 5.58. The van der Waals surface area contributed by atoms with E-state index in [2.05, 4.69) is 4.98 Å². The monoisotopic (exact) mass is 271 g/mol. The molecule has 0 radical (unpaired) electrons. The van der Waals surface area contributed by atoms with Gasteiger partial charge >= 0.3 is 6.18 Å². The first-order chi connectivity index (χ1) is 8.45. The van der Waals surface area contributed by atoms with Crippen molar-refractivity contribution in [2.24, 2.45) is 0 Å². The van der Waals surface area contributed by atoms with Crippen LogP contribution < -0.4 is 0 Å². The fourth-order valence-corrected chi connectivity index (χ4v) is 1.91. The van der Waals surface area contributed by atoms with Crippen LogP contribution in [-0.4, -0.2) is 4.98 Å². The molecular weight excluding hydrogens is 263 g/mol. The highest BCUT2D eigenvalue weighted by atomic mass is 35.5. The molecule has 2 rings (SSSR count). The van der Waals surface area contributed by atoms with Gasteiger partial charge in [-0.2, -0.15) is 13.2 Å². The Morgan fingerprint density at radius 1 is 1.00 bits per heavy atom. The molecule has 0 amide bonds. The molecule has 5 heteroatoms. The van der Waals surface area contributed by atoms with Crippen molar-refractivity contribution >= 4 is 11.6 Å². The van der Waals surface area contributed by atoms with Crippen LogP contribution in [0.5, 0.6) is 0 Å². The number of benzene rings is 1. The van der Waals surface area contributed by atoms with Crippen molar-refractivity contribution in [3.8, 4) is 0 Å². The summed E-state index contributed by atoms with van der Waals surface area (Å²) in [6, 6.07) is 7.10. The summed E-state index contributed by atoms with van der Waals surface area (Å²) in [5, 5.41) is 0.0916. The summed E-state index contributed by atoms with van der Waals surface area (Å²) in [5.41, 5.74) is 0.695. The summed E-state index contributed by atoms with van der Waals surface area (Å²) in [6.45, 7) is 0. The highest BCUT2D eigenvalue weighted by Crippen LogP contribution is 2.32. The SMILES string of the molecule is FC(F)(F)c1cc(Cl)cc(Cc2ccncc2)c1. The molecule has 0 aliphatic carbocycles. The Morgan fingerprint density at radius 2 is 1.67 bits per heavy atom. The Balaban J connectivity index is 2.32. The van der Waals surface area contributed by atoms with Crippen molar-refractivity contribution in [3.05, 3.63) is 64.4 Å². The molecule has 1 aromatic heterocycles. The molecule has 1 heterocycles. The third-order valence-corrected chi connectivity index (χ3v) is 2.66. The van der Waals surface area contributed by atoms with Crippen molar-refractivity contribution in [2.75, 3.05) is 0 Å². The number of rotatable bonds is 2. The van der Waals surface area contributed by atoms with E-state index in [0.717, 1.165) is 17.7 Å². The van der Waals surface area contributed by atoms with Gasteiger partial charge in [0.1, 0.15) is 0 Å². The summed E-state index contributed by atoms with van der Waals surface area (Å²) in [5.74, 6) is 0. The number of hydrogen-bond acceptors (Lipinski definition) is 1. The minimum Gasteiger partial charge on any atom is -0.265 e. The Hall–Kier alpha value is -1.55. The van der Waals surface area contributed by atoms with Gasteiger partial charge in [-0.05, 0) is 47.9 Å². The Kier molecular flexibility index (Phi) is 3.57. The highest BCUT2D eigenvalue weighted by Gasteiger charge is 2.31. The molecule has 0 spiro atoms.